The Morgan fingerprint density at radius 3 is 2.35 bits per heavy atom. The normalized spacial score (nSPS) is 16.6. The minimum Gasteiger partial charge on any atom is -0.271 e. The van der Waals surface area contributed by atoms with Crippen LogP contribution in [0.1, 0.15) is 34.6 Å². The number of rotatable bonds is 6. The molecule has 3 aromatic rings. The van der Waals surface area contributed by atoms with E-state index in [-0.39, 0.29) is 23.0 Å². The van der Waals surface area contributed by atoms with Crippen molar-refractivity contribution in [2.24, 2.45) is 0 Å². The van der Waals surface area contributed by atoms with E-state index in [1.807, 2.05) is 6.92 Å². The van der Waals surface area contributed by atoms with Crippen molar-refractivity contribution >= 4 is 33.4 Å². The first-order valence-corrected chi connectivity index (χ1v) is 13.0. The van der Waals surface area contributed by atoms with Crippen LogP contribution in [-0.2, 0) is 10.0 Å². The highest BCUT2D eigenvalue weighted by molar-refractivity contribution is 7.99. The second-order valence-electron chi connectivity index (χ2n) is 8.19. The Morgan fingerprint density at radius 2 is 1.74 bits per heavy atom. The van der Waals surface area contributed by atoms with Crippen molar-refractivity contribution in [2.75, 3.05) is 6.54 Å². The van der Waals surface area contributed by atoms with E-state index in [0.29, 0.717) is 24.2 Å². The van der Waals surface area contributed by atoms with E-state index >= 15 is 0 Å². The molecule has 1 saturated heterocycles. The van der Waals surface area contributed by atoms with E-state index in [0.717, 1.165) is 15.4 Å². The van der Waals surface area contributed by atoms with Gasteiger partial charge in [0.05, 0.1) is 26.1 Å². The van der Waals surface area contributed by atoms with Crippen LogP contribution in [0.25, 0.3) is 0 Å². The number of sulfonamides is 1. The van der Waals surface area contributed by atoms with Crippen LogP contribution in [0.2, 0.25) is 0 Å². The number of carbonyl (C=O) groups is 1. The van der Waals surface area contributed by atoms with Crippen LogP contribution in [0.15, 0.2) is 63.2 Å². The standard InChI is InChI=1S/C23H24N4O5S2/c1-15-6-12-20(13-7-15)34(31,32)25-14-4-5-21(25)23(28)26-17(3)22(16(2)24-26)33-19-10-8-18(9-11-19)27(29)30/h6-13,21H,4-5,14H2,1-3H3/t21-/m0/s1. The Kier molecular flexibility index (Phi) is 6.61. The molecule has 2 heterocycles. The SMILES string of the molecule is Cc1ccc(S(=O)(=O)N2CCC[C@H]2C(=O)n2nc(C)c(Sc3ccc([N+](=O)[O-])cc3)c2C)cc1. The fraction of sp³-hybridized carbons (Fsp3) is 0.304. The fourth-order valence-corrected chi connectivity index (χ4v) is 6.59. The van der Waals surface area contributed by atoms with Crippen molar-refractivity contribution in [1.29, 1.82) is 0 Å². The Morgan fingerprint density at radius 1 is 1.09 bits per heavy atom. The fourth-order valence-electron chi connectivity index (χ4n) is 4.01. The monoisotopic (exact) mass is 500 g/mol. The summed E-state index contributed by atoms with van der Waals surface area (Å²) in [5.74, 6) is -0.385. The Bertz CT molecular complexity index is 1350. The zero-order chi connectivity index (χ0) is 24.6. The van der Waals surface area contributed by atoms with E-state index in [1.54, 1.807) is 50.2 Å². The van der Waals surface area contributed by atoms with Crippen LogP contribution in [-0.4, -0.2) is 45.9 Å². The molecule has 0 N–H and O–H groups in total. The van der Waals surface area contributed by atoms with Crippen molar-refractivity contribution < 1.29 is 18.1 Å². The van der Waals surface area contributed by atoms with Gasteiger partial charge in [0.2, 0.25) is 10.0 Å². The van der Waals surface area contributed by atoms with Crippen molar-refractivity contribution in [3.8, 4) is 0 Å². The highest BCUT2D eigenvalue weighted by Crippen LogP contribution is 2.35. The van der Waals surface area contributed by atoms with Gasteiger partial charge >= 0.3 is 0 Å². The molecule has 2 aromatic carbocycles. The molecule has 0 saturated carbocycles. The summed E-state index contributed by atoms with van der Waals surface area (Å²) in [6, 6.07) is 11.9. The predicted octanol–water partition coefficient (Wildman–Crippen LogP) is 4.36. The molecule has 9 nitrogen and oxygen atoms in total. The van der Waals surface area contributed by atoms with Crippen LogP contribution in [0.4, 0.5) is 5.69 Å². The minimum atomic E-state index is -3.82. The minimum absolute atomic E-state index is 0.000206. The third-order valence-corrected chi connectivity index (χ3v) is 9.04. The lowest BCUT2D eigenvalue weighted by molar-refractivity contribution is -0.384. The first kappa shape index (κ1) is 24.1. The van der Waals surface area contributed by atoms with Gasteiger partial charge in [-0.15, -0.1) is 0 Å². The number of hydrogen-bond acceptors (Lipinski definition) is 7. The molecule has 1 aromatic heterocycles. The van der Waals surface area contributed by atoms with Gasteiger partial charge in [0.25, 0.3) is 11.6 Å². The first-order valence-electron chi connectivity index (χ1n) is 10.7. The molecule has 1 aliphatic rings. The molecule has 178 valence electrons. The summed E-state index contributed by atoms with van der Waals surface area (Å²) < 4.78 is 29.1. The molecule has 0 unspecified atom stereocenters. The molecule has 0 spiro atoms. The van der Waals surface area contributed by atoms with E-state index in [4.69, 9.17) is 0 Å². The van der Waals surface area contributed by atoms with Gasteiger partial charge in [0.15, 0.2) is 0 Å². The molecule has 1 aliphatic heterocycles. The molecule has 34 heavy (non-hydrogen) atoms. The van der Waals surface area contributed by atoms with E-state index in [9.17, 15) is 23.3 Å². The maximum atomic E-state index is 13.5. The van der Waals surface area contributed by atoms with Gasteiger partial charge in [0, 0.05) is 23.6 Å². The largest absolute Gasteiger partial charge is 0.271 e. The van der Waals surface area contributed by atoms with Gasteiger partial charge in [-0.25, -0.2) is 13.1 Å². The predicted molar refractivity (Wildman–Crippen MR) is 128 cm³/mol. The maximum absolute atomic E-state index is 13.5. The van der Waals surface area contributed by atoms with Crippen molar-refractivity contribution in [3.05, 3.63) is 75.6 Å². The Balaban J connectivity index is 1.60. The smallest absolute Gasteiger partial charge is 0.269 e. The summed E-state index contributed by atoms with van der Waals surface area (Å²) in [4.78, 5) is 25.6. The lowest BCUT2D eigenvalue weighted by atomic mass is 10.2. The van der Waals surface area contributed by atoms with Crippen LogP contribution in [0.3, 0.4) is 0 Å². The second-order valence-corrected chi connectivity index (χ2v) is 11.2. The third-order valence-electron chi connectivity index (χ3n) is 5.82. The molecule has 0 radical (unpaired) electrons. The summed E-state index contributed by atoms with van der Waals surface area (Å²) in [7, 11) is -3.82. The zero-order valence-electron chi connectivity index (χ0n) is 19.0. The van der Waals surface area contributed by atoms with Crippen LogP contribution < -0.4 is 0 Å². The quantitative estimate of drug-likeness (QED) is 0.365. The van der Waals surface area contributed by atoms with E-state index in [1.165, 1.54) is 32.9 Å². The lowest BCUT2D eigenvalue weighted by Gasteiger charge is -2.23. The Hall–Kier alpha value is -3.02. The summed E-state index contributed by atoms with van der Waals surface area (Å²) in [5.41, 5.74) is 2.18. The topological polar surface area (TPSA) is 115 Å². The molecule has 11 heteroatoms. The number of nitro benzene ring substituents is 1. The van der Waals surface area contributed by atoms with Gasteiger partial charge in [-0.3, -0.25) is 14.9 Å². The maximum Gasteiger partial charge on any atom is 0.269 e. The van der Waals surface area contributed by atoms with Gasteiger partial charge in [-0.1, -0.05) is 29.5 Å². The lowest BCUT2D eigenvalue weighted by Crippen LogP contribution is -2.43. The number of nitrogens with zero attached hydrogens (tertiary/aromatic N) is 4. The molecule has 0 amide bonds. The molecular weight excluding hydrogens is 476 g/mol. The number of nitro groups is 1. The van der Waals surface area contributed by atoms with Gasteiger partial charge in [-0.05, 0) is 57.9 Å². The van der Waals surface area contributed by atoms with Crippen molar-refractivity contribution in [1.82, 2.24) is 14.1 Å². The summed E-state index contributed by atoms with van der Waals surface area (Å²) in [6.45, 7) is 5.70. The summed E-state index contributed by atoms with van der Waals surface area (Å²) in [5, 5.41) is 15.3. The third kappa shape index (κ3) is 4.50. The van der Waals surface area contributed by atoms with Crippen LogP contribution >= 0.6 is 11.8 Å². The number of aryl methyl sites for hydroxylation is 2. The summed E-state index contributed by atoms with van der Waals surface area (Å²) >= 11 is 1.36. The molecule has 0 aliphatic carbocycles. The van der Waals surface area contributed by atoms with Crippen LogP contribution in [0, 0.1) is 30.9 Å². The number of aromatic nitrogens is 2. The molecule has 4 rings (SSSR count). The summed E-state index contributed by atoms with van der Waals surface area (Å²) in [6.07, 6.45) is 1.01. The number of hydrogen-bond donors (Lipinski definition) is 0. The average molecular weight is 501 g/mol. The Labute approximate surface area is 202 Å². The molecule has 1 atom stereocenters. The number of carbonyl (C=O) groups excluding carboxylic acids is 1. The highest BCUT2D eigenvalue weighted by atomic mass is 32.2. The van der Waals surface area contributed by atoms with Crippen molar-refractivity contribution in [2.45, 2.75) is 54.3 Å². The second kappa shape index (κ2) is 9.32. The van der Waals surface area contributed by atoms with Crippen molar-refractivity contribution in [3.63, 3.8) is 0 Å². The van der Waals surface area contributed by atoms with E-state index < -0.39 is 21.0 Å². The molecular formula is C23H24N4O5S2. The first-order chi connectivity index (χ1) is 16.1. The number of benzene rings is 2. The zero-order valence-corrected chi connectivity index (χ0v) is 20.6. The van der Waals surface area contributed by atoms with Gasteiger partial charge < -0.3 is 0 Å². The van der Waals surface area contributed by atoms with Gasteiger partial charge in [-0.2, -0.15) is 9.40 Å². The number of non-ortho nitro benzene ring substituents is 1. The molecule has 1 fully saturated rings. The van der Waals surface area contributed by atoms with Gasteiger partial charge in [0.1, 0.15) is 6.04 Å². The van der Waals surface area contributed by atoms with Crippen LogP contribution in [0.5, 0.6) is 0 Å². The average Bonchev–Trinajstić information content (AvgIpc) is 3.41. The molecule has 0 bridgehead atoms. The highest BCUT2D eigenvalue weighted by Gasteiger charge is 2.41. The van der Waals surface area contributed by atoms with E-state index in [2.05, 4.69) is 5.10 Å².